The Morgan fingerprint density at radius 3 is 2.80 bits per heavy atom. The van der Waals surface area contributed by atoms with Gasteiger partial charge in [-0.15, -0.1) is 0 Å². The quantitative estimate of drug-likeness (QED) is 0.760. The summed E-state index contributed by atoms with van der Waals surface area (Å²) in [5, 5.41) is 0.766. The summed E-state index contributed by atoms with van der Waals surface area (Å²) in [6, 6.07) is 5.93. The summed E-state index contributed by atoms with van der Waals surface area (Å²) < 4.78 is 3.37. The van der Waals surface area contributed by atoms with Gasteiger partial charge in [0.1, 0.15) is 0 Å². The van der Waals surface area contributed by atoms with Crippen LogP contribution in [-0.4, -0.2) is 20.6 Å². The van der Waals surface area contributed by atoms with Gasteiger partial charge in [-0.05, 0) is 49.5 Å². The van der Waals surface area contributed by atoms with Crippen LogP contribution < -0.4 is 0 Å². The first kappa shape index (κ1) is 14.5. The highest BCUT2D eigenvalue weighted by Gasteiger charge is 2.32. The van der Waals surface area contributed by atoms with Crippen LogP contribution in [0.5, 0.6) is 0 Å². The molecule has 0 amide bonds. The zero-order chi connectivity index (χ0) is 14.2. The van der Waals surface area contributed by atoms with Crippen molar-refractivity contribution in [2.45, 2.75) is 43.4 Å². The summed E-state index contributed by atoms with van der Waals surface area (Å²) in [5.74, 6) is 0. The number of nitrogens with one attached hydrogen (secondary N) is 1. The molecule has 20 heavy (non-hydrogen) atoms. The van der Waals surface area contributed by atoms with Crippen LogP contribution in [0.25, 0.3) is 11.0 Å². The van der Waals surface area contributed by atoms with Crippen molar-refractivity contribution in [3.63, 3.8) is 0 Å². The van der Waals surface area contributed by atoms with E-state index in [-0.39, 0.29) is 0 Å². The minimum Gasteiger partial charge on any atom is -0.331 e. The second kappa shape index (κ2) is 5.74. The van der Waals surface area contributed by atoms with E-state index < -0.39 is 0 Å². The molecule has 0 atom stereocenters. The molecule has 2 aromatic rings. The van der Waals surface area contributed by atoms with E-state index >= 15 is 0 Å². The van der Waals surface area contributed by atoms with Gasteiger partial charge in [-0.1, -0.05) is 30.9 Å². The topological polar surface area (TPSA) is 20.7 Å². The molecule has 2 nitrogen and oxygen atoms in total. The highest BCUT2D eigenvalue weighted by atomic mass is 35.5. The smallest absolute Gasteiger partial charge is 0.178 e. The zero-order valence-corrected chi connectivity index (χ0v) is 14.0. The van der Waals surface area contributed by atoms with Crippen molar-refractivity contribution in [2.24, 2.45) is 0 Å². The van der Waals surface area contributed by atoms with E-state index in [2.05, 4.69) is 15.8 Å². The molecule has 0 radical (unpaired) electrons. The maximum absolute atomic E-state index is 6.14. The standard InChI is InChI=1S/C15H19ClN2S2/c1-20-15(7-3-2-4-8-15)10-18-13-9-11(16)5-6-12(13)17-14(18)19/h5-6,9H,2-4,7-8,10H2,1H3,(H,17,19). The van der Waals surface area contributed by atoms with Crippen LogP contribution in [0.3, 0.4) is 0 Å². The molecule has 1 N–H and O–H groups in total. The summed E-state index contributed by atoms with van der Waals surface area (Å²) in [4.78, 5) is 3.30. The predicted molar refractivity (Wildman–Crippen MR) is 91.5 cm³/mol. The van der Waals surface area contributed by atoms with E-state index in [9.17, 15) is 0 Å². The fourth-order valence-corrected chi connectivity index (χ4v) is 4.59. The Morgan fingerprint density at radius 2 is 2.10 bits per heavy atom. The van der Waals surface area contributed by atoms with Gasteiger partial charge in [0.05, 0.1) is 11.0 Å². The molecular weight excluding hydrogens is 308 g/mol. The molecule has 1 fully saturated rings. The van der Waals surface area contributed by atoms with Gasteiger partial charge in [-0.25, -0.2) is 0 Å². The minimum absolute atomic E-state index is 0.327. The van der Waals surface area contributed by atoms with Crippen LogP contribution in [0, 0.1) is 4.77 Å². The van der Waals surface area contributed by atoms with Crippen molar-refractivity contribution < 1.29 is 0 Å². The highest BCUT2D eigenvalue weighted by Crippen LogP contribution is 2.40. The van der Waals surface area contributed by atoms with Crippen molar-refractivity contribution in [1.82, 2.24) is 9.55 Å². The van der Waals surface area contributed by atoms with E-state index in [4.69, 9.17) is 23.8 Å². The molecule has 0 aliphatic heterocycles. The second-order valence-electron chi connectivity index (χ2n) is 5.63. The van der Waals surface area contributed by atoms with Crippen molar-refractivity contribution in [3.8, 4) is 0 Å². The number of aromatic amines is 1. The molecular formula is C15H19ClN2S2. The Morgan fingerprint density at radius 1 is 1.35 bits per heavy atom. The van der Waals surface area contributed by atoms with Gasteiger partial charge in [-0.2, -0.15) is 11.8 Å². The average Bonchev–Trinajstić information content (AvgIpc) is 2.76. The number of hydrogen-bond donors (Lipinski definition) is 1. The van der Waals surface area contributed by atoms with E-state index in [0.717, 1.165) is 27.4 Å². The zero-order valence-electron chi connectivity index (χ0n) is 11.6. The SMILES string of the molecule is CSC1(Cn2c(=S)[nH]c3ccc(Cl)cc32)CCCCC1. The maximum atomic E-state index is 6.14. The summed E-state index contributed by atoms with van der Waals surface area (Å²) in [6.45, 7) is 0.980. The number of thioether (sulfide) groups is 1. The number of imidazole rings is 1. The molecule has 1 saturated carbocycles. The van der Waals surface area contributed by atoms with Gasteiger partial charge in [0, 0.05) is 16.3 Å². The number of fused-ring (bicyclic) bond motifs is 1. The first-order chi connectivity index (χ1) is 9.63. The fourth-order valence-electron chi connectivity index (χ4n) is 3.19. The van der Waals surface area contributed by atoms with Gasteiger partial charge in [0.2, 0.25) is 0 Å². The lowest BCUT2D eigenvalue weighted by Crippen LogP contribution is -2.33. The molecule has 1 aliphatic rings. The Labute approximate surface area is 133 Å². The van der Waals surface area contributed by atoms with Gasteiger partial charge in [0.25, 0.3) is 0 Å². The number of H-pyrrole nitrogens is 1. The molecule has 1 aliphatic carbocycles. The summed E-state index contributed by atoms with van der Waals surface area (Å²) in [7, 11) is 0. The van der Waals surface area contributed by atoms with Crippen molar-refractivity contribution in [3.05, 3.63) is 28.0 Å². The van der Waals surface area contributed by atoms with Crippen molar-refractivity contribution >= 4 is 46.6 Å². The monoisotopic (exact) mass is 326 g/mol. The Balaban J connectivity index is 2.03. The average molecular weight is 327 g/mol. The lowest BCUT2D eigenvalue weighted by Gasteiger charge is -2.36. The molecule has 1 aromatic carbocycles. The molecule has 1 aromatic heterocycles. The van der Waals surface area contributed by atoms with Crippen LogP contribution in [0.4, 0.5) is 0 Å². The van der Waals surface area contributed by atoms with E-state index in [1.54, 1.807) is 0 Å². The van der Waals surface area contributed by atoms with Gasteiger partial charge in [0.15, 0.2) is 4.77 Å². The van der Waals surface area contributed by atoms with Crippen molar-refractivity contribution in [2.75, 3.05) is 6.26 Å². The molecule has 0 spiro atoms. The summed E-state index contributed by atoms with van der Waals surface area (Å²) >= 11 is 13.7. The molecule has 108 valence electrons. The van der Waals surface area contributed by atoms with E-state index in [0.29, 0.717) is 4.75 Å². The number of nitrogens with zero attached hydrogens (tertiary/aromatic N) is 1. The third-order valence-electron chi connectivity index (χ3n) is 4.38. The van der Waals surface area contributed by atoms with Crippen molar-refractivity contribution in [1.29, 1.82) is 0 Å². The second-order valence-corrected chi connectivity index (χ2v) is 7.72. The van der Waals surface area contributed by atoms with Gasteiger partial charge < -0.3 is 9.55 Å². The van der Waals surface area contributed by atoms with Crippen LogP contribution >= 0.6 is 35.6 Å². The van der Waals surface area contributed by atoms with Gasteiger partial charge in [-0.3, -0.25) is 0 Å². The van der Waals surface area contributed by atoms with Gasteiger partial charge >= 0.3 is 0 Å². The fraction of sp³-hybridized carbons (Fsp3) is 0.533. The first-order valence-corrected chi connectivity index (χ1v) is 9.08. The number of benzene rings is 1. The molecule has 5 heteroatoms. The number of aromatic nitrogens is 2. The first-order valence-electron chi connectivity index (χ1n) is 7.07. The molecule has 1 heterocycles. The van der Waals surface area contributed by atoms with Crippen LogP contribution in [0.15, 0.2) is 18.2 Å². The molecule has 3 rings (SSSR count). The maximum Gasteiger partial charge on any atom is 0.178 e. The lowest BCUT2D eigenvalue weighted by molar-refractivity contribution is 0.360. The molecule has 0 bridgehead atoms. The Bertz CT molecular complexity index is 668. The normalized spacial score (nSPS) is 18.5. The largest absolute Gasteiger partial charge is 0.331 e. The Hall–Kier alpha value is -0.450. The predicted octanol–water partition coefficient (Wildman–Crippen LogP) is 5.42. The number of halogens is 1. The van der Waals surface area contributed by atoms with Crippen LogP contribution in [-0.2, 0) is 6.54 Å². The number of rotatable bonds is 3. The third kappa shape index (κ3) is 2.66. The molecule has 0 unspecified atom stereocenters. The number of hydrogen-bond acceptors (Lipinski definition) is 2. The Kier molecular flexibility index (Phi) is 4.16. The lowest BCUT2D eigenvalue weighted by atomic mass is 9.88. The van der Waals surface area contributed by atoms with E-state index in [1.165, 1.54) is 32.1 Å². The third-order valence-corrected chi connectivity index (χ3v) is 6.34. The molecule has 0 saturated heterocycles. The van der Waals surface area contributed by atoms with Crippen LogP contribution in [0.2, 0.25) is 5.02 Å². The summed E-state index contributed by atoms with van der Waals surface area (Å²) in [6.07, 6.45) is 8.82. The van der Waals surface area contributed by atoms with E-state index in [1.807, 2.05) is 30.0 Å². The summed E-state index contributed by atoms with van der Waals surface area (Å²) in [5.41, 5.74) is 2.20. The van der Waals surface area contributed by atoms with Crippen LogP contribution in [0.1, 0.15) is 32.1 Å². The highest BCUT2D eigenvalue weighted by molar-refractivity contribution is 8.00. The minimum atomic E-state index is 0.327.